The number of anilines is 1. The van der Waals surface area contributed by atoms with Gasteiger partial charge in [-0.05, 0) is 30.0 Å². The van der Waals surface area contributed by atoms with E-state index in [1.165, 1.54) is 12.1 Å². The first kappa shape index (κ1) is 10.7. The van der Waals surface area contributed by atoms with Gasteiger partial charge in [-0.3, -0.25) is 4.79 Å². The Labute approximate surface area is 91.8 Å². The fourth-order valence-electron chi connectivity index (χ4n) is 1.40. The third kappa shape index (κ3) is 2.41. The molecule has 4 N–H and O–H groups in total. The molecule has 1 aromatic rings. The second kappa shape index (κ2) is 4.38. The Hall–Kier alpha value is -1.79. The molecule has 0 aliphatic heterocycles. The Morgan fingerprint density at radius 2 is 2.25 bits per heavy atom. The summed E-state index contributed by atoms with van der Waals surface area (Å²) in [5, 5.41) is 14.9. The van der Waals surface area contributed by atoms with Crippen LogP contribution >= 0.6 is 0 Å². The number of amides is 1. The fourth-order valence-corrected chi connectivity index (χ4v) is 1.40. The number of benzene rings is 1. The summed E-state index contributed by atoms with van der Waals surface area (Å²) < 4.78 is 0. The quantitative estimate of drug-likeness (QED) is 0.515. The second-order valence-corrected chi connectivity index (χ2v) is 3.65. The normalized spacial score (nSPS) is 14.6. The molecule has 0 aromatic heterocycles. The number of hydrogen-bond donors (Lipinski definition) is 3. The second-order valence-electron chi connectivity index (χ2n) is 3.65. The van der Waals surface area contributed by atoms with E-state index in [4.69, 9.17) is 11.0 Å². The lowest BCUT2D eigenvalue weighted by Crippen LogP contribution is -2.15. The van der Waals surface area contributed by atoms with E-state index >= 15 is 0 Å². The third-order valence-corrected chi connectivity index (χ3v) is 2.33. The van der Waals surface area contributed by atoms with E-state index < -0.39 is 5.91 Å². The summed E-state index contributed by atoms with van der Waals surface area (Å²) in [4.78, 5) is 15.6. The van der Waals surface area contributed by atoms with Crippen molar-refractivity contribution < 1.29 is 20.0 Å². The van der Waals surface area contributed by atoms with Crippen LogP contribution in [-0.4, -0.2) is 17.2 Å². The predicted octanol–water partition coefficient (Wildman–Crippen LogP) is 1.14. The number of nitrogens with one attached hydrogen (secondary N) is 1. The number of primary amides is 1. The Morgan fingerprint density at radius 1 is 1.50 bits per heavy atom. The smallest absolute Gasteiger partial charge is 0.250 e. The molecular formula is C10H12N2O4. The van der Waals surface area contributed by atoms with Gasteiger partial charge in [0.1, 0.15) is 0 Å². The van der Waals surface area contributed by atoms with Gasteiger partial charge in [0.25, 0.3) is 5.91 Å². The van der Waals surface area contributed by atoms with Gasteiger partial charge in [0.2, 0.25) is 0 Å². The van der Waals surface area contributed by atoms with Crippen molar-refractivity contribution in [2.75, 3.05) is 5.32 Å². The molecule has 1 saturated carbocycles. The van der Waals surface area contributed by atoms with Crippen molar-refractivity contribution >= 4 is 11.6 Å². The number of carbonyl (C=O) groups excluding carboxylic acids is 1. The number of rotatable bonds is 5. The van der Waals surface area contributed by atoms with Crippen molar-refractivity contribution in [2.45, 2.75) is 18.9 Å². The predicted molar refractivity (Wildman–Crippen MR) is 55.9 cm³/mol. The molecule has 1 aromatic carbocycles. The summed E-state index contributed by atoms with van der Waals surface area (Å²) in [5.74, 6) is -0.227. The summed E-state index contributed by atoms with van der Waals surface area (Å²) in [7, 11) is 0. The molecule has 0 unspecified atom stereocenters. The van der Waals surface area contributed by atoms with Crippen LogP contribution in [0.4, 0.5) is 5.69 Å². The maximum Gasteiger partial charge on any atom is 0.250 e. The number of hydrogen-bond acceptors (Lipinski definition) is 5. The van der Waals surface area contributed by atoms with E-state index in [2.05, 4.69) is 15.2 Å². The topological polar surface area (TPSA) is 93.8 Å². The molecule has 1 amide bonds. The van der Waals surface area contributed by atoms with Gasteiger partial charge < -0.3 is 15.9 Å². The van der Waals surface area contributed by atoms with Gasteiger partial charge in [-0.15, -0.1) is 0 Å². The fraction of sp³-hybridized carbons (Fsp3) is 0.300. The van der Waals surface area contributed by atoms with Gasteiger partial charge in [0.05, 0.1) is 11.3 Å². The van der Waals surface area contributed by atoms with Gasteiger partial charge in [-0.1, -0.05) is 0 Å². The molecule has 86 valence electrons. The largest absolute Gasteiger partial charge is 0.382 e. The molecule has 0 bridgehead atoms. The average molecular weight is 224 g/mol. The number of carbonyl (C=O) groups is 1. The Kier molecular flexibility index (Phi) is 2.93. The van der Waals surface area contributed by atoms with Gasteiger partial charge in [-0.25, -0.2) is 5.26 Å². The minimum Gasteiger partial charge on any atom is -0.382 e. The summed E-state index contributed by atoms with van der Waals surface area (Å²) in [6, 6.07) is 4.92. The molecule has 0 spiro atoms. The third-order valence-electron chi connectivity index (χ3n) is 2.33. The van der Waals surface area contributed by atoms with Crippen LogP contribution in [0.2, 0.25) is 0 Å². The Balaban J connectivity index is 2.25. The van der Waals surface area contributed by atoms with Gasteiger partial charge in [-0.2, -0.15) is 0 Å². The molecule has 2 rings (SSSR count). The first-order valence-electron chi connectivity index (χ1n) is 4.89. The lowest BCUT2D eigenvalue weighted by molar-refractivity contribution is -0.438. The molecule has 1 aliphatic carbocycles. The van der Waals surface area contributed by atoms with Crippen LogP contribution in [0.25, 0.3) is 0 Å². The molecule has 0 radical (unpaired) electrons. The molecule has 0 saturated heterocycles. The van der Waals surface area contributed by atoms with Crippen molar-refractivity contribution in [1.82, 2.24) is 0 Å². The molecule has 16 heavy (non-hydrogen) atoms. The van der Waals surface area contributed by atoms with E-state index in [-0.39, 0.29) is 5.75 Å². The SMILES string of the molecule is NC(=O)c1ccc(OOO)cc1NC1CC1. The molecule has 6 nitrogen and oxygen atoms in total. The van der Waals surface area contributed by atoms with Crippen molar-refractivity contribution in [3.8, 4) is 5.75 Å². The maximum atomic E-state index is 11.2. The molecule has 0 atom stereocenters. The molecule has 0 heterocycles. The van der Waals surface area contributed by atoms with E-state index in [1.807, 2.05) is 0 Å². The van der Waals surface area contributed by atoms with Crippen LogP contribution in [0.1, 0.15) is 23.2 Å². The highest BCUT2D eigenvalue weighted by atomic mass is 17.5. The highest BCUT2D eigenvalue weighted by molar-refractivity contribution is 5.98. The van der Waals surface area contributed by atoms with Crippen LogP contribution in [0, 0.1) is 0 Å². The maximum absolute atomic E-state index is 11.2. The monoisotopic (exact) mass is 224 g/mol. The van der Waals surface area contributed by atoms with Crippen LogP contribution in [0.15, 0.2) is 18.2 Å². The molecular weight excluding hydrogens is 212 g/mol. The zero-order valence-electron chi connectivity index (χ0n) is 8.47. The van der Waals surface area contributed by atoms with Crippen LogP contribution in [0.3, 0.4) is 0 Å². The standard InChI is InChI=1S/C10H12N2O4/c11-10(13)8-4-3-7(15-16-14)5-9(8)12-6-1-2-6/h3-6,12,14H,1-2H2,(H2,11,13). The molecule has 1 fully saturated rings. The van der Waals surface area contributed by atoms with Crippen molar-refractivity contribution in [1.29, 1.82) is 0 Å². The highest BCUT2D eigenvalue weighted by Gasteiger charge is 2.23. The summed E-state index contributed by atoms with van der Waals surface area (Å²) in [6.45, 7) is 0. The first-order valence-corrected chi connectivity index (χ1v) is 4.89. The van der Waals surface area contributed by atoms with Crippen molar-refractivity contribution in [2.24, 2.45) is 5.73 Å². The van der Waals surface area contributed by atoms with Gasteiger partial charge in [0.15, 0.2) is 5.75 Å². The first-order chi connectivity index (χ1) is 7.70. The van der Waals surface area contributed by atoms with Crippen LogP contribution in [0.5, 0.6) is 5.75 Å². The molecule has 6 heteroatoms. The Bertz CT molecular complexity index is 404. The van der Waals surface area contributed by atoms with Crippen molar-refractivity contribution in [3.63, 3.8) is 0 Å². The van der Waals surface area contributed by atoms with E-state index in [9.17, 15) is 4.79 Å². The zero-order valence-corrected chi connectivity index (χ0v) is 8.47. The minimum atomic E-state index is -0.514. The van der Waals surface area contributed by atoms with E-state index in [1.54, 1.807) is 6.07 Å². The van der Waals surface area contributed by atoms with E-state index in [0.29, 0.717) is 17.3 Å². The van der Waals surface area contributed by atoms with Gasteiger partial charge >= 0.3 is 0 Å². The van der Waals surface area contributed by atoms with Crippen LogP contribution < -0.4 is 15.9 Å². The molecule has 1 aliphatic rings. The van der Waals surface area contributed by atoms with Crippen LogP contribution in [-0.2, 0) is 5.04 Å². The summed E-state index contributed by atoms with van der Waals surface area (Å²) >= 11 is 0. The van der Waals surface area contributed by atoms with Crippen molar-refractivity contribution in [3.05, 3.63) is 23.8 Å². The van der Waals surface area contributed by atoms with Gasteiger partial charge in [0, 0.05) is 12.1 Å². The lowest BCUT2D eigenvalue weighted by atomic mass is 10.1. The lowest BCUT2D eigenvalue weighted by Gasteiger charge is -2.10. The summed E-state index contributed by atoms with van der Waals surface area (Å²) in [6.07, 6.45) is 2.14. The number of nitrogens with two attached hydrogens (primary N) is 1. The minimum absolute atomic E-state index is 0.288. The average Bonchev–Trinajstić information content (AvgIpc) is 3.02. The zero-order chi connectivity index (χ0) is 11.5. The highest BCUT2D eigenvalue weighted by Crippen LogP contribution is 2.29. The summed E-state index contributed by atoms with van der Waals surface area (Å²) in [5.41, 5.74) is 6.21. The van der Waals surface area contributed by atoms with E-state index in [0.717, 1.165) is 12.8 Å². The Morgan fingerprint density at radius 3 is 2.81 bits per heavy atom.